The van der Waals surface area contributed by atoms with Crippen LogP contribution in [-0.2, 0) is 11.3 Å². The van der Waals surface area contributed by atoms with Gasteiger partial charge < -0.3 is 9.52 Å². The number of aliphatic carboxylic acids is 1. The zero-order valence-electron chi connectivity index (χ0n) is 4.98. The largest absolute Gasteiger partial charge is 0.480 e. The molecule has 0 aliphatic heterocycles. The van der Waals surface area contributed by atoms with E-state index in [0.717, 1.165) is 10.8 Å². The Labute approximate surface area is 55.5 Å². The number of carbonyl (C=O) groups is 1. The molecule has 0 saturated heterocycles. The van der Waals surface area contributed by atoms with E-state index in [2.05, 4.69) is 4.42 Å². The van der Waals surface area contributed by atoms with Crippen molar-refractivity contribution in [3.63, 3.8) is 0 Å². The number of oxazole rings is 1. The maximum Gasteiger partial charge on any atom is 0.419 e. The lowest BCUT2D eigenvalue weighted by molar-refractivity contribution is -0.137. The van der Waals surface area contributed by atoms with Crippen molar-refractivity contribution < 1.29 is 14.3 Å². The topological polar surface area (TPSA) is 72.4 Å². The van der Waals surface area contributed by atoms with Crippen LogP contribution in [0.2, 0.25) is 0 Å². The van der Waals surface area contributed by atoms with E-state index < -0.39 is 11.7 Å². The van der Waals surface area contributed by atoms with Crippen molar-refractivity contribution in [2.24, 2.45) is 0 Å². The smallest absolute Gasteiger partial charge is 0.419 e. The lowest BCUT2D eigenvalue weighted by atomic mass is 10.6. The third-order valence-electron chi connectivity index (χ3n) is 0.950. The van der Waals surface area contributed by atoms with Gasteiger partial charge in [-0.2, -0.15) is 0 Å². The fourth-order valence-corrected chi connectivity index (χ4v) is 0.554. The van der Waals surface area contributed by atoms with E-state index in [1.54, 1.807) is 0 Å². The van der Waals surface area contributed by atoms with Gasteiger partial charge in [-0.3, -0.25) is 9.36 Å². The molecular weight excluding hydrogens is 138 g/mol. The number of rotatable bonds is 2. The lowest BCUT2D eigenvalue weighted by Crippen LogP contribution is -2.18. The number of carboxylic acids is 1. The molecule has 1 heterocycles. The second-order valence-corrected chi connectivity index (χ2v) is 1.69. The van der Waals surface area contributed by atoms with E-state index in [1.807, 2.05) is 0 Å². The van der Waals surface area contributed by atoms with E-state index >= 15 is 0 Å². The van der Waals surface area contributed by atoms with E-state index in [-0.39, 0.29) is 6.54 Å². The van der Waals surface area contributed by atoms with Crippen molar-refractivity contribution in [3.8, 4) is 0 Å². The molecule has 1 aromatic heterocycles. The van der Waals surface area contributed by atoms with Crippen LogP contribution in [0, 0.1) is 0 Å². The standard InChI is InChI=1S/C5H5NO4/c7-4(8)3-6-1-2-10-5(6)9/h1-2H,3H2,(H,7,8). The molecule has 1 N–H and O–H groups in total. The highest BCUT2D eigenvalue weighted by molar-refractivity contribution is 5.66. The van der Waals surface area contributed by atoms with Gasteiger partial charge in [0, 0.05) is 6.20 Å². The van der Waals surface area contributed by atoms with Gasteiger partial charge in [-0.1, -0.05) is 0 Å². The third-order valence-corrected chi connectivity index (χ3v) is 0.950. The quantitative estimate of drug-likeness (QED) is 0.607. The Kier molecular flexibility index (Phi) is 1.57. The van der Waals surface area contributed by atoms with Gasteiger partial charge in [0.05, 0.1) is 0 Å². The van der Waals surface area contributed by atoms with Gasteiger partial charge in [-0.15, -0.1) is 0 Å². The molecule has 0 bridgehead atoms. The summed E-state index contributed by atoms with van der Waals surface area (Å²) >= 11 is 0. The van der Waals surface area contributed by atoms with Crippen LogP contribution in [0.3, 0.4) is 0 Å². The minimum Gasteiger partial charge on any atom is -0.480 e. The minimum atomic E-state index is -1.07. The van der Waals surface area contributed by atoms with Crippen molar-refractivity contribution in [3.05, 3.63) is 23.0 Å². The predicted molar refractivity (Wildman–Crippen MR) is 30.6 cm³/mol. The lowest BCUT2D eigenvalue weighted by Gasteiger charge is -1.89. The molecule has 0 fully saturated rings. The molecule has 5 heteroatoms. The SMILES string of the molecule is O=C(O)Cn1ccoc1=O. The molecular formula is C5H5NO4. The molecule has 54 valence electrons. The molecule has 0 aliphatic carbocycles. The molecule has 0 aromatic carbocycles. The van der Waals surface area contributed by atoms with E-state index in [0.29, 0.717) is 0 Å². The van der Waals surface area contributed by atoms with Gasteiger partial charge in [0.2, 0.25) is 0 Å². The predicted octanol–water partition coefficient (Wildman–Crippen LogP) is -0.474. The Morgan fingerprint density at radius 3 is 2.90 bits per heavy atom. The first-order valence-electron chi connectivity index (χ1n) is 2.56. The van der Waals surface area contributed by atoms with Crippen molar-refractivity contribution in [2.45, 2.75) is 6.54 Å². The summed E-state index contributed by atoms with van der Waals surface area (Å²) in [4.78, 5) is 20.5. The van der Waals surface area contributed by atoms with Crippen LogP contribution in [0.4, 0.5) is 0 Å². The molecule has 0 aliphatic rings. The fraction of sp³-hybridized carbons (Fsp3) is 0.200. The Morgan fingerprint density at radius 1 is 1.80 bits per heavy atom. The van der Waals surface area contributed by atoms with Gasteiger partial charge in [-0.05, 0) is 0 Å². The Morgan fingerprint density at radius 2 is 2.50 bits per heavy atom. The van der Waals surface area contributed by atoms with Crippen molar-refractivity contribution >= 4 is 5.97 Å². The highest BCUT2D eigenvalue weighted by Crippen LogP contribution is 1.80. The molecule has 0 unspecified atom stereocenters. The maximum atomic E-state index is 10.5. The number of hydrogen-bond acceptors (Lipinski definition) is 3. The average Bonchev–Trinajstić information content (AvgIpc) is 2.15. The molecule has 10 heavy (non-hydrogen) atoms. The number of carboxylic acid groups (broad SMARTS) is 1. The monoisotopic (exact) mass is 143 g/mol. The summed E-state index contributed by atoms with van der Waals surface area (Å²) in [7, 11) is 0. The average molecular weight is 143 g/mol. The van der Waals surface area contributed by atoms with Gasteiger partial charge >= 0.3 is 11.7 Å². The molecule has 0 atom stereocenters. The number of hydrogen-bond donors (Lipinski definition) is 1. The van der Waals surface area contributed by atoms with Gasteiger partial charge in [-0.25, -0.2) is 4.79 Å². The van der Waals surface area contributed by atoms with Crippen LogP contribution >= 0.6 is 0 Å². The van der Waals surface area contributed by atoms with E-state index in [9.17, 15) is 9.59 Å². The Hall–Kier alpha value is -1.52. The first-order valence-corrected chi connectivity index (χ1v) is 2.56. The summed E-state index contributed by atoms with van der Waals surface area (Å²) in [6.45, 7) is -0.352. The fourth-order valence-electron chi connectivity index (χ4n) is 0.554. The zero-order chi connectivity index (χ0) is 7.56. The van der Waals surface area contributed by atoms with Gasteiger partial charge in [0.15, 0.2) is 0 Å². The molecule has 1 rings (SSSR count). The second kappa shape index (κ2) is 2.38. The summed E-state index contributed by atoms with van der Waals surface area (Å²) in [5.74, 6) is -1.72. The van der Waals surface area contributed by atoms with E-state index in [1.165, 1.54) is 6.20 Å². The highest BCUT2D eigenvalue weighted by atomic mass is 16.4. The van der Waals surface area contributed by atoms with Gasteiger partial charge in [0.1, 0.15) is 12.8 Å². The van der Waals surface area contributed by atoms with Crippen LogP contribution in [-0.4, -0.2) is 15.6 Å². The summed E-state index contributed by atoms with van der Waals surface area (Å²) in [6, 6.07) is 0. The molecule has 0 radical (unpaired) electrons. The first kappa shape index (κ1) is 6.60. The van der Waals surface area contributed by atoms with Crippen molar-refractivity contribution in [1.29, 1.82) is 0 Å². The van der Waals surface area contributed by atoms with Crippen molar-refractivity contribution in [2.75, 3.05) is 0 Å². The van der Waals surface area contributed by atoms with Crippen molar-refractivity contribution in [1.82, 2.24) is 4.57 Å². The van der Waals surface area contributed by atoms with Gasteiger partial charge in [0.25, 0.3) is 0 Å². The molecule has 0 saturated carbocycles. The van der Waals surface area contributed by atoms with E-state index in [4.69, 9.17) is 5.11 Å². The third kappa shape index (κ3) is 1.25. The second-order valence-electron chi connectivity index (χ2n) is 1.69. The first-order chi connectivity index (χ1) is 4.70. The number of nitrogens with zero attached hydrogens (tertiary/aromatic N) is 1. The molecule has 0 spiro atoms. The maximum absolute atomic E-state index is 10.5. The summed E-state index contributed by atoms with van der Waals surface area (Å²) < 4.78 is 5.27. The van der Waals surface area contributed by atoms with Crippen LogP contribution < -0.4 is 5.76 Å². The molecule has 0 amide bonds. The minimum absolute atomic E-state index is 0.352. The Balaban J connectivity index is 2.85. The number of aromatic nitrogens is 1. The Bertz CT molecular complexity index is 284. The molecule has 1 aromatic rings. The summed E-state index contributed by atoms with van der Waals surface area (Å²) in [5.41, 5.74) is 0. The normalized spacial score (nSPS) is 9.60. The highest BCUT2D eigenvalue weighted by Gasteiger charge is 2.01. The zero-order valence-corrected chi connectivity index (χ0v) is 4.98. The van der Waals surface area contributed by atoms with Crippen LogP contribution in [0.1, 0.15) is 0 Å². The van der Waals surface area contributed by atoms with Crippen LogP contribution in [0.5, 0.6) is 0 Å². The summed E-state index contributed by atoms with van der Waals surface area (Å²) in [6.07, 6.45) is 2.42. The molecule has 5 nitrogen and oxygen atoms in total. The summed E-state index contributed by atoms with van der Waals surface area (Å²) in [5, 5.41) is 8.21. The van der Waals surface area contributed by atoms with Crippen LogP contribution in [0.15, 0.2) is 21.7 Å². The van der Waals surface area contributed by atoms with Crippen LogP contribution in [0.25, 0.3) is 0 Å².